The van der Waals surface area contributed by atoms with Crippen molar-refractivity contribution in [2.45, 2.75) is 11.6 Å². The van der Waals surface area contributed by atoms with Gasteiger partial charge in [0, 0.05) is 10.5 Å². The van der Waals surface area contributed by atoms with Crippen molar-refractivity contribution in [1.29, 1.82) is 0 Å². The summed E-state index contributed by atoms with van der Waals surface area (Å²) < 4.78 is 15.9. The SMILES string of the molecule is O=C1ON=C(c2ccccc2)[C@@]1(F)[C@H](C[N+](=O)[O-])c1ccccc1. The van der Waals surface area contributed by atoms with Crippen molar-refractivity contribution in [2.75, 3.05) is 6.54 Å². The molecule has 122 valence electrons. The quantitative estimate of drug-likeness (QED) is 0.480. The van der Waals surface area contributed by atoms with Gasteiger partial charge in [0.25, 0.3) is 5.67 Å². The molecular formula is C17H13FN2O4. The predicted molar refractivity (Wildman–Crippen MR) is 84.0 cm³/mol. The third kappa shape index (κ3) is 2.64. The van der Waals surface area contributed by atoms with Crippen LogP contribution in [0.25, 0.3) is 0 Å². The van der Waals surface area contributed by atoms with Crippen molar-refractivity contribution < 1.29 is 18.9 Å². The second-order valence-electron chi connectivity index (χ2n) is 5.38. The molecule has 0 amide bonds. The summed E-state index contributed by atoms with van der Waals surface area (Å²) in [6.45, 7) is -0.762. The largest absolute Gasteiger partial charge is 0.379 e. The van der Waals surface area contributed by atoms with Gasteiger partial charge in [-0.15, -0.1) is 0 Å². The van der Waals surface area contributed by atoms with Gasteiger partial charge in [-0.1, -0.05) is 65.8 Å². The molecule has 0 N–H and O–H groups in total. The van der Waals surface area contributed by atoms with E-state index in [1.165, 1.54) is 0 Å². The van der Waals surface area contributed by atoms with E-state index in [0.29, 0.717) is 11.1 Å². The molecule has 0 aliphatic carbocycles. The number of carbonyl (C=O) groups is 1. The number of oxime groups is 1. The molecule has 1 aliphatic heterocycles. The first-order valence-electron chi connectivity index (χ1n) is 7.24. The summed E-state index contributed by atoms with van der Waals surface area (Å²) in [5.41, 5.74) is -2.30. The first-order valence-corrected chi connectivity index (χ1v) is 7.24. The van der Waals surface area contributed by atoms with Crippen LogP contribution in [0, 0.1) is 10.1 Å². The standard InChI is InChI=1S/C17H13FN2O4/c18-17(14(11-20(22)23)12-7-3-1-4-8-12)15(19-24-16(17)21)13-9-5-2-6-10-13/h1-10,14H,11H2/t14-,17+/m1/s1. The van der Waals surface area contributed by atoms with Crippen LogP contribution in [0.5, 0.6) is 0 Å². The van der Waals surface area contributed by atoms with Crippen molar-refractivity contribution >= 4 is 11.7 Å². The van der Waals surface area contributed by atoms with Crippen LogP contribution in [0.1, 0.15) is 17.0 Å². The molecule has 2 aromatic rings. The number of rotatable bonds is 5. The molecule has 0 bridgehead atoms. The number of nitro groups is 1. The van der Waals surface area contributed by atoms with Crippen molar-refractivity contribution in [2.24, 2.45) is 5.16 Å². The van der Waals surface area contributed by atoms with Gasteiger partial charge in [0.1, 0.15) is 5.71 Å². The Morgan fingerprint density at radius 2 is 1.71 bits per heavy atom. The van der Waals surface area contributed by atoms with Gasteiger partial charge in [-0.3, -0.25) is 10.1 Å². The van der Waals surface area contributed by atoms with E-state index in [2.05, 4.69) is 9.99 Å². The fraction of sp³-hybridized carbons (Fsp3) is 0.176. The van der Waals surface area contributed by atoms with Crippen LogP contribution in [-0.2, 0) is 9.63 Å². The van der Waals surface area contributed by atoms with Gasteiger partial charge in [-0.25, -0.2) is 9.18 Å². The minimum atomic E-state index is -2.73. The zero-order valence-corrected chi connectivity index (χ0v) is 12.5. The third-order valence-electron chi connectivity index (χ3n) is 3.92. The highest BCUT2D eigenvalue weighted by Gasteiger charge is 2.59. The number of halogens is 1. The molecule has 7 heteroatoms. The lowest BCUT2D eigenvalue weighted by Gasteiger charge is -2.25. The molecule has 0 saturated heterocycles. The molecule has 0 radical (unpaired) electrons. The minimum Gasteiger partial charge on any atom is -0.314 e. The van der Waals surface area contributed by atoms with E-state index in [1.807, 2.05) is 0 Å². The zero-order chi connectivity index (χ0) is 17.2. The smallest absolute Gasteiger partial charge is 0.314 e. The summed E-state index contributed by atoms with van der Waals surface area (Å²) in [4.78, 5) is 27.1. The average molecular weight is 328 g/mol. The van der Waals surface area contributed by atoms with E-state index >= 15 is 4.39 Å². The highest BCUT2D eigenvalue weighted by Crippen LogP contribution is 2.40. The van der Waals surface area contributed by atoms with Gasteiger partial charge in [0.05, 0.1) is 5.92 Å². The molecule has 2 aromatic carbocycles. The highest BCUT2D eigenvalue weighted by molar-refractivity contribution is 6.21. The molecule has 2 atom stereocenters. The minimum absolute atomic E-state index is 0.246. The van der Waals surface area contributed by atoms with E-state index in [9.17, 15) is 14.9 Å². The Labute approximate surface area is 136 Å². The molecule has 0 fully saturated rings. The summed E-state index contributed by atoms with van der Waals surface area (Å²) in [7, 11) is 0. The first kappa shape index (κ1) is 15.8. The van der Waals surface area contributed by atoms with Crippen molar-refractivity contribution in [1.82, 2.24) is 0 Å². The Morgan fingerprint density at radius 3 is 2.29 bits per heavy atom. The van der Waals surface area contributed by atoms with Crippen LogP contribution in [0.3, 0.4) is 0 Å². The van der Waals surface area contributed by atoms with E-state index in [1.54, 1.807) is 60.7 Å². The summed E-state index contributed by atoms with van der Waals surface area (Å²) in [5, 5.41) is 14.6. The fourth-order valence-electron chi connectivity index (χ4n) is 2.78. The van der Waals surface area contributed by atoms with Gasteiger partial charge in [0.2, 0.25) is 6.54 Å². The molecule has 0 aromatic heterocycles. The molecular weight excluding hydrogens is 315 g/mol. The van der Waals surface area contributed by atoms with Crippen LogP contribution in [0.4, 0.5) is 4.39 Å². The lowest BCUT2D eigenvalue weighted by molar-refractivity contribution is -0.485. The third-order valence-corrected chi connectivity index (χ3v) is 3.92. The second kappa shape index (κ2) is 6.19. The lowest BCUT2D eigenvalue weighted by atomic mass is 9.78. The second-order valence-corrected chi connectivity index (χ2v) is 5.38. The van der Waals surface area contributed by atoms with Gasteiger partial charge in [0.15, 0.2) is 0 Å². The van der Waals surface area contributed by atoms with E-state index in [-0.39, 0.29) is 5.71 Å². The van der Waals surface area contributed by atoms with Gasteiger partial charge in [-0.2, -0.15) is 0 Å². The Morgan fingerprint density at radius 1 is 1.12 bits per heavy atom. The maximum Gasteiger partial charge on any atom is 0.379 e. The fourth-order valence-corrected chi connectivity index (χ4v) is 2.78. The summed E-state index contributed by atoms with van der Waals surface area (Å²) in [6, 6.07) is 16.2. The van der Waals surface area contributed by atoms with E-state index < -0.39 is 29.0 Å². The predicted octanol–water partition coefficient (Wildman–Crippen LogP) is 2.72. The van der Waals surface area contributed by atoms with Crippen LogP contribution in [0.2, 0.25) is 0 Å². The van der Waals surface area contributed by atoms with Crippen LogP contribution in [0.15, 0.2) is 65.8 Å². The van der Waals surface area contributed by atoms with Crippen LogP contribution in [-0.4, -0.2) is 28.8 Å². The average Bonchev–Trinajstić information content (AvgIpc) is 2.90. The number of hydrogen-bond donors (Lipinski definition) is 0. The topological polar surface area (TPSA) is 81.8 Å². The van der Waals surface area contributed by atoms with Crippen molar-refractivity contribution in [3.8, 4) is 0 Å². The Bertz CT molecular complexity index is 795. The van der Waals surface area contributed by atoms with Crippen molar-refractivity contribution in [3.63, 3.8) is 0 Å². The Balaban J connectivity index is 2.11. The molecule has 6 nitrogen and oxygen atoms in total. The Hall–Kier alpha value is -3.09. The molecule has 3 rings (SSSR count). The maximum absolute atomic E-state index is 15.9. The van der Waals surface area contributed by atoms with Gasteiger partial charge >= 0.3 is 5.97 Å². The number of nitrogens with zero attached hydrogens (tertiary/aromatic N) is 2. The number of hydrogen-bond acceptors (Lipinski definition) is 5. The number of alkyl halides is 1. The summed E-state index contributed by atoms with van der Waals surface area (Å²) >= 11 is 0. The maximum atomic E-state index is 15.9. The Kier molecular flexibility index (Phi) is 4.07. The number of benzene rings is 2. The van der Waals surface area contributed by atoms with E-state index in [0.717, 1.165) is 0 Å². The van der Waals surface area contributed by atoms with E-state index in [4.69, 9.17) is 0 Å². The molecule has 1 heterocycles. The van der Waals surface area contributed by atoms with Gasteiger partial charge < -0.3 is 4.84 Å². The number of carbonyl (C=O) groups excluding carboxylic acids is 1. The first-order chi connectivity index (χ1) is 11.5. The molecule has 0 unspecified atom stereocenters. The molecule has 1 aliphatic rings. The zero-order valence-electron chi connectivity index (χ0n) is 12.5. The van der Waals surface area contributed by atoms with Gasteiger partial charge in [-0.05, 0) is 5.56 Å². The monoisotopic (exact) mass is 328 g/mol. The van der Waals surface area contributed by atoms with Crippen LogP contribution >= 0.6 is 0 Å². The highest BCUT2D eigenvalue weighted by atomic mass is 19.1. The molecule has 0 spiro atoms. The van der Waals surface area contributed by atoms with Crippen molar-refractivity contribution in [3.05, 3.63) is 81.9 Å². The summed E-state index contributed by atoms with van der Waals surface area (Å²) in [5.74, 6) is -2.58. The summed E-state index contributed by atoms with van der Waals surface area (Å²) in [6.07, 6.45) is 0. The molecule has 0 saturated carbocycles. The molecule has 24 heavy (non-hydrogen) atoms. The lowest BCUT2D eigenvalue weighted by Crippen LogP contribution is -2.47. The normalized spacial score (nSPS) is 21.0. The van der Waals surface area contributed by atoms with Crippen LogP contribution < -0.4 is 0 Å².